The number of carbonyl (C=O) groups is 2. The zero-order chi connectivity index (χ0) is 15.3. The minimum Gasteiger partial charge on any atom is -0.481 e. The summed E-state index contributed by atoms with van der Waals surface area (Å²) in [4.78, 5) is 25.6. The summed E-state index contributed by atoms with van der Waals surface area (Å²) >= 11 is 0. The molecule has 1 rings (SSSR count). The monoisotopic (exact) mass is 282 g/mol. The number of hydrogen-bond donors (Lipinski definition) is 1. The van der Waals surface area contributed by atoms with Gasteiger partial charge in [0.05, 0.1) is 5.92 Å². The van der Waals surface area contributed by atoms with Gasteiger partial charge in [0, 0.05) is 27.2 Å². The van der Waals surface area contributed by atoms with Crippen molar-refractivity contribution in [2.45, 2.75) is 13.5 Å². The van der Waals surface area contributed by atoms with Crippen LogP contribution < -0.4 is 0 Å². The number of carboxylic acid groups (broad SMARTS) is 1. The van der Waals surface area contributed by atoms with Crippen molar-refractivity contribution in [3.63, 3.8) is 0 Å². The minimum absolute atomic E-state index is 0.141. The Morgan fingerprint density at radius 2 is 1.75 bits per heavy atom. The van der Waals surface area contributed by atoms with Crippen molar-refractivity contribution < 1.29 is 19.1 Å². The molecule has 0 spiro atoms. The van der Waals surface area contributed by atoms with Crippen molar-refractivity contribution in [1.29, 1.82) is 0 Å². The van der Waals surface area contributed by atoms with Crippen molar-refractivity contribution in [3.05, 3.63) is 35.6 Å². The van der Waals surface area contributed by atoms with Gasteiger partial charge in [-0.05, 0) is 17.7 Å². The first kappa shape index (κ1) is 15.9. The number of hydrogen-bond acceptors (Lipinski definition) is 2. The largest absolute Gasteiger partial charge is 0.481 e. The summed E-state index contributed by atoms with van der Waals surface area (Å²) in [6.07, 6.45) is 0. The van der Waals surface area contributed by atoms with Crippen LogP contribution in [0.1, 0.15) is 12.5 Å². The first-order chi connectivity index (χ1) is 9.31. The van der Waals surface area contributed by atoms with Gasteiger partial charge in [-0.15, -0.1) is 0 Å². The van der Waals surface area contributed by atoms with Gasteiger partial charge in [-0.2, -0.15) is 0 Å². The molecule has 110 valence electrons. The van der Waals surface area contributed by atoms with Crippen LogP contribution in [0.25, 0.3) is 0 Å². The van der Waals surface area contributed by atoms with Crippen LogP contribution in [0.5, 0.6) is 0 Å². The van der Waals surface area contributed by atoms with E-state index in [1.807, 2.05) is 0 Å². The average Bonchev–Trinajstić information content (AvgIpc) is 2.40. The van der Waals surface area contributed by atoms with Crippen molar-refractivity contribution in [2.24, 2.45) is 5.92 Å². The summed E-state index contributed by atoms with van der Waals surface area (Å²) < 4.78 is 12.8. The molecular formula is C14H19FN2O3. The Labute approximate surface area is 117 Å². The fraction of sp³-hybridized carbons (Fsp3) is 0.429. The van der Waals surface area contributed by atoms with E-state index in [0.717, 1.165) is 5.56 Å². The lowest BCUT2D eigenvalue weighted by Gasteiger charge is -2.26. The second-order valence-corrected chi connectivity index (χ2v) is 4.88. The van der Waals surface area contributed by atoms with Crippen molar-refractivity contribution in [2.75, 3.05) is 20.6 Å². The molecule has 1 N–H and O–H groups in total. The Bertz CT molecular complexity index is 476. The number of carbonyl (C=O) groups excluding carboxylic acids is 1. The number of nitrogens with zero attached hydrogens (tertiary/aromatic N) is 2. The standard InChI is InChI=1S/C14H19FN2O3/c1-10(13(18)19)8-16(2)14(20)17(3)9-11-4-6-12(15)7-5-11/h4-7,10H,8-9H2,1-3H3,(H,18,19). The Hall–Kier alpha value is -2.11. The molecule has 0 bridgehead atoms. The first-order valence-corrected chi connectivity index (χ1v) is 6.24. The van der Waals surface area contributed by atoms with Gasteiger partial charge in [-0.1, -0.05) is 19.1 Å². The number of aliphatic carboxylic acids is 1. The zero-order valence-electron chi connectivity index (χ0n) is 11.8. The predicted molar refractivity (Wildman–Crippen MR) is 72.7 cm³/mol. The smallest absolute Gasteiger partial charge is 0.319 e. The molecule has 0 aliphatic carbocycles. The van der Waals surface area contributed by atoms with E-state index in [1.54, 1.807) is 33.2 Å². The van der Waals surface area contributed by atoms with Crippen LogP contribution >= 0.6 is 0 Å². The van der Waals surface area contributed by atoms with E-state index in [1.165, 1.54) is 21.9 Å². The molecule has 0 saturated carbocycles. The maximum Gasteiger partial charge on any atom is 0.319 e. The van der Waals surface area contributed by atoms with Gasteiger partial charge in [0.25, 0.3) is 0 Å². The molecule has 0 heterocycles. The third-order valence-corrected chi connectivity index (χ3v) is 2.96. The molecule has 1 unspecified atom stereocenters. The SMILES string of the molecule is CC(CN(C)C(=O)N(C)Cc1ccc(F)cc1)C(=O)O. The maximum atomic E-state index is 12.8. The van der Waals surface area contributed by atoms with E-state index in [2.05, 4.69) is 0 Å². The molecule has 0 aliphatic heterocycles. The summed E-state index contributed by atoms with van der Waals surface area (Å²) in [6.45, 7) is 2.03. The molecular weight excluding hydrogens is 263 g/mol. The van der Waals surface area contributed by atoms with Crippen LogP contribution in [0, 0.1) is 11.7 Å². The second kappa shape index (κ2) is 6.88. The quantitative estimate of drug-likeness (QED) is 0.899. The number of amides is 2. The molecule has 0 saturated heterocycles. The fourth-order valence-electron chi connectivity index (χ4n) is 1.79. The highest BCUT2D eigenvalue weighted by Gasteiger charge is 2.19. The van der Waals surface area contributed by atoms with E-state index in [4.69, 9.17) is 5.11 Å². The summed E-state index contributed by atoms with van der Waals surface area (Å²) in [5, 5.41) is 8.83. The summed E-state index contributed by atoms with van der Waals surface area (Å²) in [7, 11) is 3.18. The highest BCUT2D eigenvalue weighted by molar-refractivity contribution is 5.75. The molecule has 0 aromatic heterocycles. The molecule has 6 heteroatoms. The summed E-state index contributed by atoms with van der Waals surface area (Å²) in [6, 6.07) is 5.62. The topological polar surface area (TPSA) is 60.9 Å². The third kappa shape index (κ3) is 4.53. The molecule has 0 fully saturated rings. The van der Waals surface area contributed by atoms with Crippen LogP contribution in [-0.2, 0) is 11.3 Å². The molecule has 1 aromatic carbocycles. The summed E-state index contributed by atoms with van der Waals surface area (Å²) in [5.74, 6) is -1.89. The molecule has 1 aromatic rings. The average molecular weight is 282 g/mol. The number of halogens is 1. The Balaban J connectivity index is 2.57. The van der Waals surface area contributed by atoms with Gasteiger partial charge >= 0.3 is 12.0 Å². The lowest BCUT2D eigenvalue weighted by Crippen LogP contribution is -2.41. The number of urea groups is 1. The van der Waals surface area contributed by atoms with E-state index < -0.39 is 11.9 Å². The van der Waals surface area contributed by atoms with Gasteiger partial charge in [0.1, 0.15) is 5.82 Å². The van der Waals surface area contributed by atoms with Gasteiger partial charge in [-0.25, -0.2) is 9.18 Å². The molecule has 0 radical (unpaired) electrons. The number of benzene rings is 1. The van der Waals surface area contributed by atoms with Crippen LogP contribution in [0.15, 0.2) is 24.3 Å². The first-order valence-electron chi connectivity index (χ1n) is 6.24. The van der Waals surface area contributed by atoms with Crippen LogP contribution in [0.4, 0.5) is 9.18 Å². The van der Waals surface area contributed by atoms with E-state index >= 15 is 0 Å². The normalized spacial score (nSPS) is 11.8. The van der Waals surface area contributed by atoms with Crippen LogP contribution in [0.3, 0.4) is 0 Å². The van der Waals surface area contributed by atoms with Gasteiger partial charge in [-0.3, -0.25) is 4.79 Å². The number of rotatable bonds is 5. The fourth-order valence-corrected chi connectivity index (χ4v) is 1.79. The van der Waals surface area contributed by atoms with E-state index in [0.29, 0.717) is 6.54 Å². The molecule has 5 nitrogen and oxygen atoms in total. The lowest BCUT2D eigenvalue weighted by molar-refractivity contribution is -0.141. The minimum atomic E-state index is -0.939. The number of carboxylic acids is 1. The van der Waals surface area contributed by atoms with Gasteiger partial charge in [0.15, 0.2) is 0 Å². The van der Waals surface area contributed by atoms with E-state index in [9.17, 15) is 14.0 Å². The van der Waals surface area contributed by atoms with Crippen LogP contribution in [-0.4, -0.2) is 47.5 Å². The Morgan fingerprint density at radius 1 is 1.20 bits per heavy atom. The van der Waals surface area contributed by atoms with Crippen molar-refractivity contribution >= 4 is 12.0 Å². The third-order valence-electron chi connectivity index (χ3n) is 2.96. The summed E-state index contributed by atoms with van der Waals surface area (Å²) in [5.41, 5.74) is 0.807. The molecule has 20 heavy (non-hydrogen) atoms. The Kier molecular flexibility index (Phi) is 5.49. The predicted octanol–water partition coefficient (Wildman–Crippen LogP) is 2.03. The Morgan fingerprint density at radius 3 is 2.25 bits per heavy atom. The maximum absolute atomic E-state index is 12.8. The second-order valence-electron chi connectivity index (χ2n) is 4.88. The zero-order valence-corrected chi connectivity index (χ0v) is 11.8. The molecule has 0 aliphatic rings. The highest BCUT2D eigenvalue weighted by atomic mass is 19.1. The van der Waals surface area contributed by atoms with E-state index in [-0.39, 0.29) is 18.4 Å². The highest BCUT2D eigenvalue weighted by Crippen LogP contribution is 2.08. The van der Waals surface area contributed by atoms with Gasteiger partial charge in [0.2, 0.25) is 0 Å². The van der Waals surface area contributed by atoms with Gasteiger partial charge < -0.3 is 14.9 Å². The van der Waals surface area contributed by atoms with Crippen molar-refractivity contribution in [1.82, 2.24) is 9.80 Å². The van der Waals surface area contributed by atoms with Crippen LogP contribution in [0.2, 0.25) is 0 Å². The molecule has 2 amide bonds. The molecule has 1 atom stereocenters. The lowest BCUT2D eigenvalue weighted by atomic mass is 10.2. The van der Waals surface area contributed by atoms with Crippen molar-refractivity contribution in [3.8, 4) is 0 Å².